The molecule has 0 radical (unpaired) electrons. The van der Waals surface area contributed by atoms with Crippen molar-refractivity contribution in [3.05, 3.63) is 46.8 Å². The lowest BCUT2D eigenvalue weighted by molar-refractivity contribution is -0.137. The third-order valence-corrected chi connectivity index (χ3v) is 4.10. The number of hydrogen-bond donors (Lipinski definition) is 2. The summed E-state index contributed by atoms with van der Waals surface area (Å²) in [5.74, 6) is 0. The Hall–Kier alpha value is -1.37. The Morgan fingerprint density at radius 3 is 2.38 bits per heavy atom. The van der Waals surface area contributed by atoms with Gasteiger partial charge in [-0.2, -0.15) is 13.2 Å². The Morgan fingerprint density at radius 1 is 1.05 bits per heavy atom. The van der Waals surface area contributed by atoms with Crippen LogP contribution in [0.4, 0.5) is 13.2 Å². The fraction of sp³-hybridized carbons (Fsp3) is 0.333. The van der Waals surface area contributed by atoms with E-state index in [2.05, 4.69) is 5.32 Å². The number of nitrogens with one attached hydrogen (secondary N) is 1. The first kappa shape index (κ1) is 16.0. The summed E-state index contributed by atoms with van der Waals surface area (Å²) < 4.78 is 37.5. The van der Waals surface area contributed by atoms with E-state index in [0.717, 1.165) is 34.0 Å². The van der Waals surface area contributed by atoms with Crippen LogP contribution in [-0.2, 0) is 12.7 Å². The molecule has 0 aliphatic heterocycles. The van der Waals surface area contributed by atoms with E-state index in [1.165, 1.54) is 12.1 Å². The minimum absolute atomic E-state index is 0.161. The first-order chi connectivity index (χ1) is 10.0. The molecule has 0 aliphatic carbocycles. The molecule has 0 unspecified atom stereocenters. The standard InChI is InChI=1S/C15H16F3NOS/c16-15(17,18)12-4-2-11(3-5-12)14-7-6-13(21-14)10-19-8-1-9-20/h2-7,19-20H,1,8-10H2. The van der Waals surface area contributed by atoms with Gasteiger partial charge in [-0.05, 0) is 42.8 Å². The van der Waals surface area contributed by atoms with Crippen LogP contribution < -0.4 is 5.32 Å². The predicted molar refractivity (Wildman–Crippen MR) is 78.2 cm³/mol. The van der Waals surface area contributed by atoms with Crippen molar-refractivity contribution in [3.63, 3.8) is 0 Å². The second-order valence-electron chi connectivity index (χ2n) is 4.60. The van der Waals surface area contributed by atoms with Crippen LogP contribution in [0.2, 0.25) is 0 Å². The average molecular weight is 315 g/mol. The highest BCUT2D eigenvalue weighted by molar-refractivity contribution is 7.15. The zero-order chi connectivity index (χ0) is 15.3. The largest absolute Gasteiger partial charge is 0.416 e. The van der Waals surface area contributed by atoms with Crippen molar-refractivity contribution < 1.29 is 18.3 Å². The summed E-state index contributed by atoms with van der Waals surface area (Å²) in [4.78, 5) is 2.06. The van der Waals surface area contributed by atoms with Crippen LogP contribution in [0.3, 0.4) is 0 Å². The summed E-state index contributed by atoms with van der Waals surface area (Å²) in [5, 5.41) is 11.9. The molecule has 0 fully saturated rings. The molecule has 0 atom stereocenters. The maximum absolute atomic E-state index is 12.5. The summed E-state index contributed by atoms with van der Waals surface area (Å²) in [6.45, 7) is 1.60. The van der Waals surface area contributed by atoms with Crippen LogP contribution in [0.15, 0.2) is 36.4 Å². The van der Waals surface area contributed by atoms with Crippen LogP contribution in [0.25, 0.3) is 10.4 Å². The highest BCUT2D eigenvalue weighted by Crippen LogP contribution is 2.33. The van der Waals surface area contributed by atoms with E-state index < -0.39 is 11.7 Å². The lowest BCUT2D eigenvalue weighted by Crippen LogP contribution is -2.14. The Balaban J connectivity index is 2.00. The molecule has 0 amide bonds. The predicted octanol–water partition coefficient (Wildman–Crippen LogP) is 3.91. The van der Waals surface area contributed by atoms with Gasteiger partial charge in [-0.3, -0.25) is 0 Å². The summed E-state index contributed by atoms with van der Waals surface area (Å²) in [7, 11) is 0. The molecule has 1 heterocycles. The number of thiophene rings is 1. The van der Waals surface area contributed by atoms with Crippen molar-refractivity contribution in [2.24, 2.45) is 0 Å². The first-order valence-electron chi connectivity index (χ1n) is 6.58. The van der Waals surface area contributed by atoms with Gasteiger partial charge in [-0.15, -0.1) is 11.3 Å². The Kier molecular flexibility index (Phi) is 5.39. The van der Waals surface area contributed by atoms with E-state index in [9.17, 15) is 13.2 Å². The lowest BCUT2D eigenvalue weighted by atomic mass is 10.1. The second kappa shape index (κ2) is 7.06. The van der Waals surface area contributed by atoms with E-state index in [0.29, 0.717) is 13.0 Å². The topological polar surface area (TPSA) is 32.3 Å². The smallest absolute Gasteiger partial charge is 0.396 e. The molecule has 0 spiro atoms. The maximum Gasteiger partial charge on any atom is 0.416 e. The molecule has 0 saturated heterocycles. The zero-order valence-corrected chi connectivity index (χ0v) is 12.1. The monoisotopic (exact) mass is 315 g/mol. The van der Waals surface area contributed by atoms with Crippen molar-refractivity contribution in [2.45, 2.75) is 19.1 Å². The van der Waals surface area contributed by atoms with Crippen molar-refractivity contribution in [1.29, 1.82) is 0 Å². The molecule has 2 nitrogen and oxygen atoms in total. The number of hydrogen-bond acceptors (Lipinski definition) is 3. The molecule has 114 valence electrons. The number of rotatable bonds is 6. The Morgan fingerprint density at radius 2 is 1.76 bits per heavy atom. The highest BCUT2D eigenvalue weighted by atomic mass is 32.1. The van der Waals surface area contributed by atoms with E-state index in [-0.39, 0.29) is 6.61 Å². The van der Waals surface area contributed by atoms with E-state index in [4.69, 9.17) is 5.11 Å². The molecule has 21 heavy (non-hydrogen) atoms. The van der Waals surface area contributed by atoms with Crippen molar-refractivity contribution in [3.8, 4) is 10.4 Å². The Labute approximate surface area is 125 Å². The second-order valence-corrected chi connectivity index (χ2v) is 5.76. The van der Waals surface area contributed by atoms with Crippen LogP contribution in [0.1, 0.15) is 16.9 Å². The van der Waals surface area contributed by atoms with Gasteiger partial charge in [0.05, 0.1) is 5.56 Å². The number of aliphatic hydroxyl groups is 1. The fourth-order valence-electron chi connectivity index (χ4n) is 1.87. The lowest BCUT2D eigenvalue weighted by Gasteiger charge is -2.06. The molecule has 0 bridgehead atoms. The van der Waals surface area contributed by atoms with Crippen molar-refractivity contribution in [1.82, 2.24) is 5.32 Å². The minimum atomic E-state index is -4.30. The van der Waals surface area contributed by atoms with Gasteiger partial charge in [0, 0.05) is 22.9 Å². The third-order valence-electron chi connectivity index (χ3n) is 2.97. The highest BCUT2D eigenvalue weighted by Gasteiger charge is 2.29. The molecule has 1 aromatic heterocycles. The van der Waals surface area contributed by atoms with Gasteiger partial charge in [0.15, 0.2) is 0 Å². The number of alkyl halides is 3. The normalized spacial score (nSPS) is 11.8. The average Bonchev–Trinajstić information content (AvgIpc) is 2.92. The number of aliphatic hydroxyl groups excluding tert-OH is 1. The van der Waals surface area contributed by atoms with E-state index in [1.807, 2.05) is 12.1 Å². The number of benzene rings is 1. The summed E-state index contributed by atoms with van der Waals surface area (Å²) >= 11 is 1.55. The van der Waals surface area contributed by atoms with Crippen LogP contribution in [0.5, 0.6) is 0 Å². The van der Waals surface area contributed by atoms with Crippen LogP contribution >= 0.6 is 11.3 Å². The molecule has 1 aromatic carbocycles. The van der Waals surface area contributed by atoms with Gasteiger partial charge in [-0.1, -0.05) is 12.1 Å². The van der Waals surface area contributed by atoms with Crippen molar-refractivity contribution in [2.75, 3.05) is 13.2 Å². The quantitative estimate of drug-likeness (QED) is 0.792. The van der Waals surface area contributed by atoms with Gasteiger partial charge in [0.2, 0.25) is 0 Å². The molecule has 0 saturated carbocycles. The van der Waals surface area contributed by atoms with Crippen molar-refractivity contribution >= 4 is 11.3 Å². The fourth-order valence-corrected chi connectivity index (χ4v) is 2.85. The molecular weight excluding hydrogens is 299 g/mol. The molecular formula is C15H16F3NOS. The van der Waals surface area contributed by atoms with E-state index >= 15 is 0 Å². The molecule has 0 aliphatic rings. The van der Waals surface area contributed by atoms with Gasteiger partial charge >= 0.3 is 6.18 Å². The summed E-state index contributed by atoms with van der Waals surface area (Å²) in [6, 6.07) is 9.08. The van der Waals surface area contributed by atoms with E-state index in [1.54, 1.807) is 11.3 Å². The number of halogens is 3. The molecule has 2 aromatic rings. The zero-order valence-electron chi connectivity index (χ0n) is 11.3. The summed E-state index contributed by atoms with van der Waals surface area (Å²) in [6.07, 6.45) is -3.59. The van der Waals surface area contributed by atoms with Crippen LogP contribution in [0, 0.1) is 0 Å². The molecule has 2 N–H and O–H groups in total. The summed E-state index contributed by atoms with van der Waals surface area (Å²) in [5.41, 5.74) is 0.156. The Bertz CT molecular complexity index is 563. The molecule has 2 rings (SSSR count). The first-order valence-corrected chi connectivity index (χ1v) is 7.40. The maximum atomic E-state index is 12.5. The van der Waals surface area contributed by atoms with Gasteiger partial charge in [0.25, 0.3) is 0 Å². The van der Waals surface area contributed by atoms with Gasteiger partial charge in [-0.25, -0.2) is 0 Å². The van der Waals surface area contributed by atoms with Crippen LogP contribution in [-0.4, -0.2) is 18.3 Å². The van der Waals surface area contributed by atoms with Gasteiger partial charge in [0.1, 0.15) is 0 Å². The van der Waals surface area contributed by atoms with Gasteiger partial charge < -0.3 is 10.4 Å². The molecule has 6 heteroatoms. The minimum Gasteiger partial charge on any atom is -0.396 e. The third kappa shape index (κ3) is 4.56. The SMILES string of the molecule is OCCCNCc1ccc(-c2ccc(C(F)(F)F)cc2)s1.